The van der Waals surface area contributed by atoms with Crippen molar-refractivity contribution in [3.63, 3.8) is 0 Å². The second-order valence-corrected chi connectivity index (χ2v) is 5.62. The van der Waals surface area contributed by atoms with Crippen LogP contribution < -0.4 is 0 Å². The van der Waals surface area contributed by atoms with Crippen LogP contribution in [0.1, 0.15) is 10.6 Å². The van der Waals surface area contributed by atoms with Gasteiger partial charge in [0.05, 0.1) is 5.01 Å². The van der Waals surface area contributed by atoms with Gasteiger partial charge in [-0.25, -0.2) is 4.98 Å². The number of nitrogens with zero attached hydrogens (tertiary/aromatic N) is 2. The topological polar surface area (TPSA) is 82.0 Å². The lowest BCUT2D eigenvalue weighted by Crippen LogP contribution is -1.86. The number of phenolic OH excluding ortho intramolecular Hbond substituents is 2. The Kier molecular flexibility index (Phi) is 2.94. The number of aromatic hydroxyl groups is 2. The van der Waals surface area contributed by atoms with E-state index in [9.17, 15) is 10.2 Å². The molecule has 3 N–H and O–H groups in total. The van der Waals surface area contributed by atoms with Crippen molar-refractivity contribution in [2.24, 2.45) is 0 Å². The predicted molar refractivity (Wildman–Crippen MR) is 77.9 cm³/mol. The van der Waals surface area contributed by atoms with Gasteiger partial charge in [-0.1, -0.05) is 0 Å². The maximum absolute atomic E-state index is 10.0. The highest BCUT2D eigenvalue weighted by molar-refractivity contribution is 7.09. The molecule has 5 nitrogen and oxygen atoms in total. The minimum Gasteiger partial charge on any atom is -0.508 e. The third-order valence-corrected chi connectivity index (χ3v) is 3.88. The van der Waals surface area contributed by atoms with Gasteiger partial charge >= 0.3 is 0 Å². The highest BCUT2D eigenvalue weighted by Crippen LogP contribution is 2.38. The molecule has 0 saturated heterocycles. The van der Waals surface area contributed by atoms with Gasteiger partial charge in [-0.15, -0.1) is 11.3 Å². The molecule has 0 radical (unpaired) electrons. The Bertz CT molecular complexity index is 777. The molecule has 3 rings (SSSR count). The number of aromatic amines is 1. The summed E-state index contributed by atoms with van der Waals surface area (Å²) in [7, 11) is 0. The quantitative estimate of drug-likeness (QED) is 0.676. The second-order valence-electron chi connectivity index (χ2n) is 4.56. The zero-order valence-corrected chi connectivity index (χ0v) is 11.8. The Labute approximate surface area is 119 Å². The van der Waals surface area contributed by atoms with Crippen LogP contribution in [0.3, 0.4) is 0 Å². The standard InChI is InChI=1S/C14H13N3O2S/c1-7-3-9(13(19)4-12(7)18)10-5-15-17-14(10)11-6-20-8(2)16-11/h3-6,18-19H,1-2H3,(H,15,17). The zero-order chi connectivity index (χ0) is 14.3. The fourth-order valence-corrected chi connectivity index (χ4v) is 2.66. The van der Waals surface area contributed by atoms with Gasteiger partial charge < -0.3 is 10.2 Å². The van der Waals surface area contributed by atoms with E-state index in [2.05, 4.69) is 15.2 Å². The monoisotopic (exact) mass is 287 g/mol. The van der Waals surface area contributed by atoms with Gasteiger partial charge in [-0.3, -0.25) is 5.10 Å². The van der Waals surface area contributed by atoms with Crippen LogP contribution in [-0.2, 0) is 0 Å². The summed E-state index contributed by atoms with van der Waals surface area (Å²) in [4.78, 5) is 4.41. The molecule has 20 heavy (non-hydrogen) atoms. The van der Waals surface area contributed by atoms with Gasteiger partial charge in [0, 0.05) is 28.8 Å². The lowest BCUT2D eigenvalue weighted by Gasteiger charge is -2.07. The number of thiazole rings is 1. The molecule has 0 aliphatic rings. The minimum atomic E-state index is 0.0164. The summed E-state index contributed by atoms with van der Waals surface area (Å²) in [5, 5.41) is 29.6. The number of hydrogen-bond acceptors (Lipinski definition) is 5. The smallest absolute Gasteiger partial charge is 0.127 e. The van der Waals surface area contributed by atoms with Crippen molar-refractivity contribution >= 4 is 11.3 Å². The van der Waals surface area contributed by atoms with Crippen molar-refractivity contribution in [2.75, 3.05) is 0 Å². The molecule has 0 bridgehead atoms. The van der Waals surface area contributed by atoms with Crippen LogP contribution in [0.15, 0.2) is 23.7 Å². The van der Waals surface area contributed by atoms with Crippen LogP contribution in [0.2, 0.25) is 0 Å². The number of aromatic nitrogens is 3. The number of nitrogens with one attached hydrogen (secondary N) is 1. The Morgan fingerprint density at radius 3 is 2.60 bits per heavy atom. The van der Waals surface area contributed by atoms with Gasteiger partial charge in [0.15, 0.2) is 0 Å². The van der Waals surface area contributed by atoms with Crippen molar-refractivity contribution in [3.05, 3.63) is 34.3 Å². The number of phenols is 2. The molecule has 2 aromatic heterocycles. The van der Waals surface area contributed by atoms with E-state index in [0.717, 1.165) is 16.3 Å². The molecule has 102 valence electrons. The molecule has 0 atom stereocenters. The van der Waals surface area contributed by atoms with Gasteiger partial charge in [0.25, 0.3) is 0 Å². The molecule has 6 heteroatoms. The average molecular weight is 287 g/mol. The molecule has 1 aromatic carbocycles. The highest BCUT2D eigenvalue weighted by Gasteiger charge is 2.17. The first-order valence-electron chi connectivity index (χ1n) is 6.05. The maximum atomic E-state index is 10.0. The van der Waals surface area contributed by atoms with E-state index < -0.39 is 0 Å². The summed E-state index contributed by atoms with van der Waals surface area (Å²) < 4.78 is 0. The van der Waals surface area contributed by atoms with Crippen molar-refractivity contribution < 1.29 is 10.2 Å². The van der Waals surface area contributed by atoms with E-state index in [4.69, 9.17) is 0 Å². The first kappa shape index (κ1) is 12.7. The van der Waals surface area contributed by atoms with Gasteiger partial charge in [0.2, 0.25) is 0 Å². The molecule has 0 aliphatic carbocycles. The highest BCUT2D eigenvalue weighted by atomic mass is 32.1. The molecule has 0 aliphatic heterocycles. The number of benzene rings is 1. The average Bonchev–Trinajstić information content (AvgIpc) is 3.02. The number of hydrogen-bond donors (Lipinski definition) is 3. The summed E-state index contributed by atoms with van der Waals surface area (Å²) in [6.07, 6.45) is 1.72. The van der Waals surface area contributed by atoms with E-state index in [1.807, 2.05) is 12.3 Å². The number of H-pyrrole nitrogens is 1. The molecular weight excluding hydrogens is 274 g/mol. The van der Waals surface area contributed by atoms with Crippen molar-refractivity contribution in [1.29, 1.82) is 0 Å². The lowest BCUT2D eigenvalue weighted by atomic mass is 10.0. The number of rotatable bonds is 2. The molecule has 2 heterocycles. The van der Waals surface area contributed by atoms with Crippen LogP contribution in [-0.4, -0.2) is 25.4 Å². The Morgan fingerprint density at radius 2 is 1.90 bits per heavy atom. The zero-order valence-electron chi connectivity index (χ0n) is 11.0. The molecule has 3 aromatic rings. The van der Waals surface area contributed by atoms with E-state index in [1.165, 1.54) is 6.07 Å². The Morgan fingerprint density at radius 1 is 1.10 bits per heavy atom. The maximum Gasteiger partial charge on any atom is 0.127 e. The van der Waals surface area contributed by atoms with E-state index in [-0.39, 0.29) is 11.5 Å². The minimum absolute atomic E-state index is 0.0164. The van der Waals surface area contributed by atoms with E-state index in [1.54, 1.807) is 30.5 Å². The third-order valence-electron chi connectivity index (χ3n) is 3.11. The molecule has 0 amide bonds. The Hall–Kier alpha value is -2.34. The second kappa shape index (κ2) is 4.64. The summed E-state index contributed by atoms with van der Waals surface area (Å²) in [6.45, 7) is 3.72. The van der Waals surface area contributed by atoms with E-state index in [0.29, 0.717) is 16.8 Å². The van der Waals surface area contributed by atoms with Crippen LogP contribution in [0.25, 0.3) is 22.5 Å². The van der Waals surface area contributed by atoms with Crippen LogP contribution in [0.4, 0.5) is 0 Å². The van der Waals surface area contributed by atoms with Crippen LogP contribution in [0, 0.1) is 13.8 Å². The van der Waals surface area contributed by atoms with Gasteiger partial charge in [-0.2, -0.15) is 5.10 Å². The Balaban J connectivity index is 2.17. The normalized spacial score (nSPS) is 10.9. The summed E-state index contributed by atoms with van der Waals surface area (Å²) in [5.41, 5.74) is 3.54. The fraction of sp³-hybridized carbons (Fsp3) is 0.143. The largest absolute Gasteiger partial charge is 0.508 e. The summed E-state index contributed by atoms with van der Waals surface area (Å²) in [6, 6.07) is 3.08. The molecular formula is C14H13N3O2S. The van der Waals surface area contributed by atoms with E-state index >= 15 is 0 Å². The molecule has 0 spiro atoms. The molecule has 0 fully saturated rings. The summed E-state index contributed by atoms with van der Waals surface area (Å²) in [5.74, 6) is 0.0866. The third kappa shape index (κ3) is 2.04. The molecule has 0 saturated carbocycles. The molecule has 0 unspecified atom stereocenters. The van der Waals surface area contributed by atoms with Crippen molar-refractivity contribution in [3.8, 4) is 34.0 Å². The first-order valence-corrected chi connectivity index (χ1v) is 6.93. The fourth-order valence-electron chi connectivity index (χ4n) is 2.06. The van der Waals surface area contributed by atoms with Crippen molar-refractivity contribution in [2.45, 2.75) is 13.8 Å². The SMILES string of the molecule is Cc1nc(-c2n[nH]cc2-c2cc(C)c(O)cc2O)cs1. The lowest BCUT2D eigenvalue weighted by molar-refractivity contribution is 0.449. The van der Waals surface area contributed by atoms with Crippen LogP contribution in [0.5, 0.6) is 11.5 Å². The van der Waals surface area contributed by atoms with Gasteiger partial charge in [0.1, 0.15) is 22.9 Å². The van der Waals surface area contributed by atoms with Gasteiger partial charge in [-0.05, 0) is 25.5 Å². The van der Waals surface area contributed by atoms with Crippen LogP contribution >= 0.6 is 11.3 Å². The van der Waals surface area contributed by atoms with Crippen molar-refractivity contribution in [1.82, 2.24) is 15.2 Å². The predicted octanol–water partition coefficient (Wildman–Crippen LogP) is 3.23. The summed E-state index contributed by atoms with van der Waals surface area (Å²) >= 11 is 1.55. The first-order chi connectivity index (χ1) is 9.56. The number of aryl methyl sites for hydroxylation is 2.